The fourth-order valence-electron chi connectivity index (χ4n) is 1.11. The quantitative estimate of drug-likeness (QED) is 0.783. The van der Waals surface area contributed by atoms with E-state index in [1.165, 1.54) is 7.05 Å². The van der Waals surface area contributed by atoms with E-state index in [0.29, 0.717) is 10.6 Å². The Labute approximate surface area is 101 Å². The fourth-order valence-corrected chi connectivity index (χ4v) is 1.96. The number of ether oxygens (including phenoxy) is 1. The van der Waals surface area contributed by atoms with Crippen molar-refractivity contribution < 1.29 is 13.2 Å². The van der Waals surface area contributed by atoms with Crippen LogP contribution in [0.25, 0.3) is 0 Å². The lowest BCUT2D eigenvalue weighted by Crippen LogP contribution is -2.25. The van der Waals surface area contributed by atoms with Crippen molar-refractivity contribution in [3.05, 3.63) is 23.8 Å². The van der Waals surface area contributed by atoms with E-state index in [2.05, 4.69) is 17.4 Å². The third-order valence-electron chi connectivity index (χ3n) is 2.04. The monoisotopic (exact) mass is 261 g/mol. The topological polar surface area (TPSA) is 55.4 Å². The molecule has 0 aliphatic carbocycles. The molecular formula is C10H15NO3S2. The van der Waals surface area contributed by atoms with E-state index in [4.69, 9.17) is 4.74 Å². The van der Waals surface area contributed by atoms with Gasteiger partial charge in [0, 0.05) is 4.90 Å². The predicted molar refractivity (Wildman–Crippen MR) is 66.8 cm³/mol. The van der Waals surface area contributed by atoms with E-state index < -0.39 is 10.0 Å². The second kappa shape index (κ2) is 5.56. The molecule has 6 heteroatoms. The molecule has 0 bridgehead atoms. The van der Waals surface area contributed by atoms with Crippen LogP contribution in [0.4, 0.5) is 0 Å². The van der Waals surface area contributed by atoms with Gasteiger partial charge in [0.25, 0.3) is 0 Å². The molecule has 0 radical (unpaired) electrons. The van der Waals surface area contributed by atoms with Crippen LogP contribution in [0.3, 0.4) is 0 Å². The lowest BCUT2D eigenvalue weighted by Gasteiger charge is -2.09. The van der Waals surface area contributed by atoms with E-state index in [1.54, 1.807) is 6.07 Å². The molecule has 0 aliphatic rings. The Morgan fingerprint density at radius 2 is 2.12 bits per heavy atom. The molecule has 1 N–H and O–H groups in total. The smallest absolute Gasteiger partial charge is 0.214 e. The molecule has 0 fully saturated rings. The molecule has 0 spiro atoms. The number of sulfonamides is 1. The second-order valence-corrected chi connectivity index (χ2v) is 5.87. The minimum absolute atomic E-state index is 0.0649. The van der Waals surface area contributed by atoms with E-state index in [-0.39, 0.29) is 12.4 Å². The van der Waals surface area contributed by atoms with Gasteiger partial charge in [0.15, 0.2) is 0 Å². The molecule has 16 heavy (non-hydrogen) atoms. The summed E-state index contributed by atoms with van der Waals surface area (Å²) in [7, 11) is -1.83. The normalized spacial score (nSPS) is 11.4. The highest BCUT2D eigenvalue weighted by molar-refractivity contribution is 7.89. The van der Waals surface area contributed by atoms with Gasteiger partial charge in [-0.15, -0.1) is 12.6 Å². The third-order valence-corrected chi connectivity index (χ3v) is 3.71. The number of hydrogen-bond acceptors (Lipinski definition) is 4. The average molecular weight is 261 g/mol. The van der Waals surface area contributed by atoms with Gasteiger partial charge in [-0.05, 0) is 31.7 Å². The van der Waals surface area contributed by atoms with Gasteiger partial charge in [0.2, 0.25) is 10.0 Å². The van der Waals surface area contributed by atoms with Crippen molar-refractivity contribution in [3.8, 4) is 5.75 Å². The van der Waals surface area contributed by atoms with Crippen molar-refractivity contribution >= 4 is 22.7 Å². The SMILES string of the molecule is CNS(=O)(=O)CCOc1ccc(C)cc1S. The molecule has 90 valence electrons. The highest BCUT2D eigenvalue weighted by atomic mass is 32.2. The number of nitrogens with one attached hydrogen (secondary N) is 1. The van der Waals surface area contributed by atoms with E-state index >= 15 is 0 Å². The lowest BCUT2D eigenvalue weighted by atomic mass is 10.2. The first kappa shape index (κ1) is 13.3. The van der Waals surface area contributed by atoms with Crippen LogP contribution in [-0.4, -0.2) is 27.8 Å². The largest absolute Gasteiger partial charge is 0.491 e. The first-order valence-corrected chi connectivity index (χ1v) is 6.88. The zero-order valence-corrected chi connectivity index (χ0v) is 10.9. The molecule has 1 aromatic carbocycles. The number of rotatable bonds is 5. The van der Waals surface area contributed by atoms with Gasteiger partial charge in [-0.3, -0.25) is 0 Å². The van der Waals surface area contributed by atoms with Gasteiger partial charge < -0.3 is 4.74 Å². The Morgan fingerprint density at radius 1 is 1.44 bits per heavy atom. The zero-order valence-electron chi connectivity index (χ0n) is 9.23. The Balaban J connectivity index is 2.56. The number of thiol groups is 1. The van der Waals surface area contributed by atoms with Crippen molar-refractivity contribution in [2.24, 2.45) is 0 Å². The molecule has 0 atom stereocenters. The van der Waals surface area contributed by atoms with Crippen LogP contribution in [0, 0.1) is 6.92 Å². The summed E-state index contributed by atoms with van der Waals surface area (Å²) in [5.41, 5.74) is 1.08. The summed E-state index contributed by atoms with van der Waals surface area (Å²) in [6, 6.07) is 5.54. The molecule has 1 rings (SSSR count). The molecule has 0 saturated heterocycles. The molecule has 0 aromatic heterocycles. The molecule has 0 heterocycles. The summed E-state index contributed by atoms with van der Waals surface area (Å²) in [4.78, 5) is 0.710. The van der Waals surface area contributed by atoms with Crippen LogP contribution < -0.4 is 9.46 Å². The summed E-state index contributed by atoms with van der Waals surface area (Å²) in [6.07, 6.45) is 0. The maximum atomic E-state index is 11.1. The van der Waals surface area contributed by atoms with Crippen molar-refractivity contribution in [2.75, 3.05) is 19.4 Å². The Kier molecular flexibility index (Phi) is 4.64. The minimum atomic E-state index is -3.21. The summed E-state index contributed by atoms with van der Waals surface area (Å²) in [6.45, 7) is 2.06. The molecular weight excluding hydrogens is 246 g/mol. The van der Waals surface area contributed by atoms with Gasteiger partial charge in [0.1, 0.15) is 12.4 Å². The van der Waals surface area contributed by atoms with Crippen molar-refractivity contribution in [1.82, 2.24) is 4.72 Å². The predicted octanol–water partition coefficient (Wildman–Crippen LogP) is 1.21. The molecule has 0 amide bonds. The zero-order chi connectivity index (χ0) is 12.2. The lowest BCUT2D eigenvalue weighted by molar-refractivity contribution is 0.332. The van der Waals surface area contributed by atoms with Crippen LogP contribution in [0.1, 0.15) is 5.56 Å². The van der Waals surface area contributed by atoms with E-state index in [0.717, 1.165) is 5.56 Å². The molecule has 0 aliphatic heterocycles. The summed E-state index contributed by atoms with van der Waals surface area (Å²) in [5, 5.41) is 0. The van der Waals surface area contributed by atoms with Crippen LogP contribution in [0.5, 0.6) is 5.75 Å². The average Bonchev–Trinajstić information content (AvgIpc) is 2.21. The molecule has 0 saturated carbocycles. The first-order valence-electron chi connectivity index (χ1n) is 4.78. The van der Waals surface area contributed by atoms with Gasteiger partial charge >= 0.3 is 0 Å². The number of benzene rings is 1. The van der Waals surface area contributed by atoms with Crippen LogP contribution in [0.2, 0.25) is 0 Å². The van der Waals surface area contributed by atoms with Crippen LogP contribution in [-0.2, 0) is 10.0 Å². The molecule has 1 aromatic rings. The van der Waals surface area contributed by atoms with Crippen molar-refractivity contribution in [1.29, 1.82) is 0 Å². The van der Waals surface area contributed by atoms with Crippen LogP contribution in [0.15, 0.2) is 23.1 Å². The summed E-state index contributed by atoms with van der Waals surface area (Å²) in [5.74, 6) is 0.533. The van der Waals surface area contributed by atoms with Gasteiger partial charge in [0.05, 0.1) is 5.75 Å². The maximum absolute atomic E-state index is 11.1. The van der Waals surface area contributed by atoms with Crippen molar-refractivity contribution in [2.45, 2.75) is 11.8 Å². The van der Waals surface area contributed by atoms with Gasteiger partial charge in [-0.25, -0.2) is 13.1 Å². The van der Waals surface area contributed by atoms with Gasteiger partial charge in [-0.1, -0.05) is 6.07 Å². The fraction of sp³-hybridized carbons (Fsp3) is 0.400. The highest BCUT2D eigenvalue weighted by Crippen LogP contribution is 2.23. The van der Waals surface area contributed by atoms with Gasteiger partial charge in [-0.2, -0.15) is 0 Å². The standard InChI is InChI=1S/C10H15NO3S2/c1-8-3-4-9(10(15)7-8)14-5-6-16(12,13)11-2/h3-4,7,11,15H,5-6H2,1-2H3. The number of hydrogen-bond donors (Lipinski definition) is 2. The summed E-state index contributed by atoms with van der Waals surface area (Å²) >= 11 is 4.25. The van der Waals surface area contributed by atoms with E-state index in [1.807, 2.05) is 19.1 Å². The minimum Gasteiger partial charge on any atom is -0.491 e. The molecule has 0 unspecified atom stereocenters. The van der Waals surface area contributed by atoms with E-state index in [9.17, 15) is 8.42 Å². The highest BCUT2D eigenvalue weighted by Gasteiger charge is 2.07. The Bertz CT molecular complexity index is 457. The van der Waals surface area contributed by atoms with Crippen LogP contribution >= 0.6 is 12.6 Å². The maximum Gasteiger partial charge on any atom is 0.214 e. The first-order chi connectivity index (χ1) is 7.44. The molecule has 4 nitrogen and oxygen atoms in total. The number of aryl methyl sites for hydroxylation is 1. The van der Waals surface area contributed by atoms with Crippen molar-refractivity contribution in [3.63, 3.8) is 0 Å². The second-order valence-electron chi connectivity index (χ2n) is 3.34. The Hall–Kier alpha value is -0.720. The third kappa shape index (κ3) is 4.03. The Morgan fingerprint density at radius 3 is 2.69 bits per heavy atom. The summed E-state index contributed by atoms with van der Waals surface area (Å²) < 4.78 is 29.8.